The van der Waals surface area contributed by atoms with Gasteiger partial charge in [-0.15, -0.1) is 0 Å². The number of amides is 2. The van der Waals surface area contributed by atoms with Crippen LogP contribution in [0.2, 0.25) is 0 Å². The van der Waals surface area contributed by atoms with Gasteiger partial charge in [0.25, 0.3) is 5.91 Å². The Bertz CT molecular complexity index is 622. The summed E-state index contributed by atoms with van der Waals surface area (Å²) in [7, 11) is 1.43. The van der Waals surface area contributed by atoms with Crippen molar-refractivity contribution < 1.29 is 23.5 Å². The molecule has 2 amide bonds. The molecule has 0 aliphatic heterocycles. The summed E-state index contributed by atoms with van der Waals surface area (Å²) in [5.41, 5.74) is -0.577. The molecule has 0 bridgehead atoms. The molecule has 132 valence electrons. The van der Waals surface area contributed by atoms with E-state index in [1.54, 1.807) is 20.8 Å². The summed E-state index contributed by atoms with van der Waals surface area (Å²) in [4.78, 5) is 23.7. The molecule has 1 aromatic carbocycles. The molecule has 1 saturated carbocycles. The van der Waals surface area contributed by atoms with Gasteiger partial charge in [-0.25, -0.2) is 9.18 Å². The van der Waals surface area contributed by atoms with E-state index in [0.717, 1.165) is 0 Å². The average Bonchev–Trinajstić information content (AvgIpc) is 2.42. The Morgan fingerprint density at radius 3 is 2.33 bits per heavy atom. The van der Waals surface area contributed by atoms with Crippen LogP contribution in [0.5, 0.6) is 5.75 Å². The van der Waals surface area contributed by atoms with E-state index in [2.05, 4.69) is 10.6 Å². The number of halogens is 1. The molecule has 1 aliphatic carbocycles. The lowest BCUT2D eigenvalue weighted by Gasteiger charge is -2.36. The number of rotatable bonds is 4. The van der Waals surface area contributed by atoms with Gasteiger partial charge in [0, 0.05) is 18.2 Å². The van der Waals surface area contributed by atoms with Crippen LogP contribution in [0.4, 0.5) is 9.18 Å². The van der Waals surface area contributed by atoms with Crippen LogP contribution in [0.3, 0.4) is 0 Å². The molecule has 0 aromatic heterocycles. The highest BCUT2D eigenvalue weighted by atomic mass is 19.1. The lowest BCUT2D eigenvalue weighted by Crippen LogP contribution is -2.54. The van der Waals surface area contributed by atoms with Gasteiger partial charge in [-0.05, 0) is 45.7 Å². The summed E-state index contributed by atoms with van der Waals surface area (Å²) >= 11 is 0. The topological polar surface area (TPSA) is 76.7 Å². The maximum Gasteiger partial charge on any atom is 0.407 e. The van der Waals surface area contributed by atoms with Crippen LogP contribution in [0.25, 0.3) is 0 Å². The molecular weight excluding hydrogens is 315 g/mol. The number of benzene rings is 1. The van der Waals surface area contributed by atoms with Gasteiger partial charge in [0.2, 0.25) is 0 Å². The molecule has 0 radical (unpaired) electrons. The molecule has 2 N–H and O–H groups in total. The van der Waals surface area contributed by atoms with Crippen LogP contribution >= 0.6 is 0 Å². The van der Waals surface area contributed by atoms with E-state index in [1.807, 2.05) is 0 Å². The first-order valence-electron chi connectivity index (χ1n) is 7.82. The lowest BCUT2D eigenvalue weighted by atomic mass is 9.86. The van der Waals surface area contributed by atoms with Gasteiger partial charge >= 0.3 is 6.09 Å². The Morgan fingerprint density at radius 1 is 1.17 bits per heavy atom. The predicted octanol–water partition coefficient (Wildman–Crippen LogP) is 2.62. The molecule has 24 heavy (non-hydrogen) atoms. The van der Waals surface area contributed by atoms with Gasteiger partial charge in [0.15, 0.2) is 0 Å². The third kappa shape index (κ3) is 4.84. The molecule has 2 rings (SSSR count). The number of hydrogen-bond acceptors (Lipinski definition) is 4. The number of alkyl carbamates (subject to hydrolysis) is 1. The van der Waals surface area contributed by atoms with Crippen molar-refractivity contribution in [3.63, 3.8) is 0 Å². The van der Waals surface area contributed by atoms with E-state index < -0.39 is 23.4 Å². The first kappa shape index (κ1) is 18.0. The van der Waals surface area contributed by atoms with Gasteiger partial charge in [-0.1, -0.05) is 0 Å². The Kier molecular flexibility index (Phi) is 5.31. The van der Waals surface area contributed by atoms with Crippen molar-refractivity contribution in [1.82, 2.24) is 10.6 Å². The van der Waals surface area contributed by atoms with Crippen LogP contribution in [0, 0.1) is 5.82 Å². The molecule has 7 heteroatoms. The van der Waals surface area contributed by atoms with Crippen molar-refractivity contribution in [2.75, 3.05) is 7.11 Å². The second-order valence-corrected chi connectivity index (χ2v) is 6.83. The molecule has 1 fully saturated rings. The average molecular weight is 338 g/mol. The van der Waals surface area contributed by atoms with Gasteiger partial charge < -0.3 is 20.1 Å². The SMILES string of the molecule is COc1ccc(C(=O)NC2CC(NC(=O)OC(C)(C)C)C2)c(F)c1. The van der Waals surface area contributed by atoms with E-state index in [4.69, 9.17) is 9.47 Å². The van der Waals surface area contributed by atoms with Crippen molar-refractivity contribution in [3.05, 3.63) is 29.6 Å². The minimum absolute atomic E-state index is 0.0284. The van der Waals surface area contributed by atoms with Crippen LogP contribution < -0.4 is 15.4 Å². The van der Waals surface area contributed by atoms with E-state index >= 15 is 0 Å². The highest BCUT2D eigenvalue weighted by molar-refractivity contribution is 5.94. The molecule has 0 heterocycles. The normalized spacial score (nSPS) is 19.9. The summed E-state index contributed by atoms with van der Waals surface area (Å²) in [5, 5.41) is 5.49. The number of ether oxygens (including phenoxy) is 2. The zero-order valence-electron chi connectivity index (χ0n) is 14.3. The fourth-order valence-electron chi connectivity index (χ4n) is 2.40. The van der Waals surface area contributed by atoms with Gasteiger partial charge in [-0.3, -0.25) is 4.79 Å². The van der Waals surface area contributed by atoms with Crippen LogP contribution in [-0.4, -0.2) is 36.8 Å². The van der Waals surface area contributed by atoms with Crippen LogP contribution in [0.1, 0.15) is 44.0 Å². The van der Waals surface area contributed by atoms with Crippen molar-refractivity contribution in [2.45, 2.75) is 51.3 Å². The molecule has 6 nitrogen and oxygen atoms in total. The highest BCUT2D eigenvalue weighted by Gasteiger charge is 2.33. The molecule has 0 unspecified atom stereocenters. The van der Waals surface area contributed by atoms with Gasteiger partial charge in [-0.2, -0.15) is 0 Å². The predicted molar refractivity (Wildman–Crippen MR) is 86.6 cm³/mol. The third-order valence-electron chi connectivity index (χ3n) is 3.62. The van der Waals surface area contributed by atoms with Crippen molar-refractivity contribution >= 4 is 12.0 Å². The Morgan fingerprint density at radius 2 is 1.79 bits per heavy atom. The molecule has 0 spiro atoms. The van der Waals surface area contributed by atoms with Crippen molar-refractivity contribution in [2.24, 2.45) is 0 Å². The minimum atomic E-state index is -0.630. The van der Waals surface area contributed by atoms with Crippen molar-refractivity contribution in [1.29, 1.82) is 0 Å². The first-order valence-corrected chi connectivity index (χ1v) is 7.82. The fourth-order valence-corrected chi connectivity index (χ4v) is 2.40. The van der Waals surface area contributed by atoms with Crippen LogP contribution in [0.15, 0.2) is 18.2 Å². The van der Waals surface area contributed by atoms with Crippen molar-refractivity contribution in [3.8, 4) is 5.75 Å². The number of methoxy groups -OCH3 is 1. The molecule has 0 saturated heterocycles. The summed E-state index contributed by atoms with van der Waals surface area (Å²) in [5.74, 6) is -0.750. The number of carbonyl (C=O) groups is 2. The number of nitrogens with one attached hydrogen (secondary N) is 2. The second kappa shape index (κ2) is 7.07. The summed E-state index contributed by atoms with van der Waals surface area (Å²) in [6.07, 6.45) is 0.699. The number of hydrogen-bond donors (Lipinski definition) is 2. The largest absolute Gasteiger partial charge is 0.497 e. The van der Waals surface area contributed by atoms with E-state index in [9.17, 15) is 14.0 Å². The smallest absolute Gasteiger partial charge is 0.407 e. The third-order valence-corrected chi connectivity index (χ3v) is 3.62. The lowest BCUT2D eigenvalue weighted by molar-refractivity contribution is 0.0465. The maximum atomic E-state index is 13.9. The summed E-state index contributed by atoms with van der Waals surface area (Å²) in [6.45, 7) is 5.37. The number of carbonyl (C=O) groups excluding carboxylic acids is 2. The Balaban J connectivity index is 1.79. The highest BCUT2D eigenvalue weighted by Crippen LogP contribution is 2.22. The zero-order chi connectivity index (χ0) is 17.9. The standard InChI is InChI=1S/C17H23FN2O4/c1-17(2,3)24-16(22)20-11-7-10(8-11)19-15(21)13-6-5-12(23-4)9-14(13)18/h5-6,9-11H,7-8H2,1-4H3,(H,19,21)(H,20,22). The molecule has 1 aliphatic rings. The zero-order valence-corrected chi connectivity index (χ0v) is 14.3. The quantitative estimate of drug-likeness (QED) is 0.885. The Hall–Kier alpha value is -2.31. The maximum absolute atomic E-state index is 13.9. The minimum Gasteiger partial charge on any atom is -0.497 e. The fraction of sp³-hybridized carbons (Fsp3) is 0.529. The van der Waals surface area contributed by atoms with E-state index in [-0.39, 0.29) is 17.6 Å². The second-order valence-electron chi connectivity index (χ2n) is 6.83. The summed E-state index contributed by atoms with van der Waals surface area (Å²) in [6, 6.07) is 3.94. The van der Waals surface area contributed by atoms with E-state index in [0.29, 0.717) is 18.6 Å². The van der Waals surface area contributed by atoms with Crippen LogP contribution in [-0.2, 0) is 4.74 Å². The first-order chi connectivity index (χ1) is 11.2. The van der Waals surface area contributed by atoms with Gasteiger partial charge in [0.05, 0.1) is 12.7 Å². The summed E-state index contributed by atoms with van der Waals surface area (Å²) < 4.78 is 23.9. The molecule has 0 atom stereocenters. The Labute approximate surface area is 140 Å². The van der Waals surface area contributed by atoms with E-state index in [1.165, 1.54) is 25.3 Å². The molecular formula is C17H23FN2O4. The van der Waals surface area contributed by atoms with Gasteiger partial charge in [0.1, 0.15) is 17.2 Å². The monoisotopic (exact) mass is 338 g/mol. The molecule has 1 aromatic rings.